The lowest BCUT2D eigenvalue weighted by molar-refractivity contribution is 0.376. The van der Waals surface area contributed by atoms with Crippen LogP contribution in [-0.4, -0.2) is 60.0 Å². The van der Waals surface area contributed by atoms with Gasteiger partial charge in [0, 0.05) is 36.7 Å². The summed E-state index contributed by atoms with van der Waals surface area (Å²) in [7, 11) is 4.19. The number of benzene rings is 1. The Kier molecular flexibility index (Phi) is 9.59. The maximum atomic E-state index is 4.88. The number of nitrogens with zero attached hydrogens (tertiary/aromatic N) is 3. The maximum Gasteiger partial charge on any atom is 0.194 e. The highest BCUT2D eigenvalue weighted by atomic mass is 127. The number of thioether (sulfide) groups is 1. The van der Waals surface area contributed by atoms with E-state index in [4.69, 9.17) is 4.99 Å². The van der Waals surface area contributed by atoms with E-state index in [1.807, 2.05) is 0 Å². The van der Waals surface area contributed by atoms with Crippen molar-refractivity contribution in [3.8, 4) is 0 Å². The molecule has 6 heteroatoms. The molecule has 0 atom stereocenters. The fourth-order valence-corrected chi connectivity index (χ4v) is 4.02. The Morgan fingerprint density at radius 3 is 2.44 bits per heavy atom. The second-order valence-corrected chi connectivity index (χ2v) is 9.06. The van der Waals surface area contributed by atoms with Gasteiger partial charge in [0.15, 0.2) is 5.96 Å². The van der Waals surface area contributed by atoms with E-state index >= 15 is 0 Å². The first-order valence-electron chi connectivity index (χ1n) is 8.79. The van der Waals surface area contributed by atoms with E-state index in [-0.39, 0.29) is 24.0 Å². The Hall–Kier alpha value is -0.470. The first-order valence-corrected chi connectivity index (χ1v) is 9.78. The van der Waals surface area contributed by atoms with Gasteiger partial charge in [-0.25, -0.2) is 4.99 Å². The predicted molar refractivity (Wildman–Crippen MR) is 122 cm³/mol. The minimum Gasteiger partial charge on any atom is -0.357 e. The van der Waals surface area contributed by atoms with E-state index < -0.39 is 0 Å². The first kappa shape index (κ1) is 22.6. The highest BCUT2D eigenvalue weighted by molar-refractivity contribution is 14.0. The lowest BCUT2D eigenvalue weighted by Crippen LogP contribution is -2.50. The molecule has 1 aliphatic heterocycles. The first-order chi connectivity index (χ1) is 11.4. The molecule has 0 unspecified atom stereocenters. The van der Waals surface area contributed by atoms with Gasteiger partial charge in [-0.2, -0.15) is 11.8 Å². The molecule has 0 aromatic heterocycles. The monoisotopic (exact) mass is 476 g/mol. The minimum atomic E-state index is 0. The summed E-state index contributed by atoms with van der Waals surface area (Å²) in [5.41, 5.74) is 2.60. The lowest BCUT2D eigenvalue weighted by Gasteiger charge is -2.39. The molecule has 0 radical (unpaired) electrons. The summed E-state index contributed by atoms with van der Waals surface area (Å²) in [5, 5.41) is 3.46. The third kappa shape index (κ3) is 7.74. The van der Waals surface area contributed by atoms with E-state index in [1.165, 1.54) is 11.1 Å². The Morgan fingerprint density at radius 1 is 1.24 bits per heavy atom. The van der Waals surface area contributed by atoms with Crippen LogP contribution in [0.4, 0.5) is 0 Å². The van der Waals surface area contributed by atoms with Crippen molar-refractivity contribution >= 4 is 41.7 Å². The molecule has 1 aromatic carbocycles. The predicted octanol–water partition coefficient (Wildman–Crippen LogP) is 3.66. The molecule has 1 N–H and O–H groups in total. The lowest BCUT2D eigenvalue weighted by atomic mass is 10.1. The summed E-state index contributed by atoms with van der Waals surface area (Å²) in [6.07, 6.45) is 0. The van der Waals surface area contributed by atoms with Crippen molar-refractivity contribution in [3.63, 3.8) is 0 Å². The highest BCUT2D eigenvalue weighted by Gasteiger charge is 2.28. The molecule has 0 aliphatic carbocycles. The number of guanidine groups is 1. The van der Waals surface area contributed by atoms with Gasteiger partial charge in [-0.1, -0.05) is 24.3 Å². The molecule has 0 bridgehead atoms. The number of nitrogens with one attached hydrogen (secondary N) is 1. The Labute approximate surface area is 174 Å². The van der Waals surface area contributed by atoms with Crippen molar-refractivity contribution in [3.05, 3.63) is 35.4 Å². The van der Waals surface area contributed by atoms with Crippen molar-refractivity contribution in [1.82, 2.24) is 15.1 Å². The Bertz CT molecular complexity index is 543. The number of halogens is 1. The van der Waals surface area contributed by atoms with Crippen LogP contribution in [0, 0.1) is 0 Å². The van der Waals surface area contributed by atoms with E-state index in [0.717, 1.165) is 44.4 Å². The Morgan fingerprint density at radius 2 is 1.88 bits per heavy atom. The summed E-state index contributed by atoms with van der Waals surface area (Å²) in [5.74, 6) is 2.21. The smallest absolute Gasteiger partial charge is 0.194 e. The molecule has 142 valence electrons. The molecule has 2 rings (SSSR count). The zero-order valence-corrected chi connectivity index (χ0v) is 19.4. The van der Waals surface area contributed by atoms with Gasteiger partial charge in [0.25, 0.3) is 0 Å². The van der Waals surface area contributed by atoms with E-state index in [9.17, 15) is 0 Å². The molecule has 0 saturated carbocycles. The van der Waals surface area contributed by atoms with Gasteiger partial charge in [0.2, 0.25) is 0 Å². The largest absolute Gasteiger partial charge is 0.357 e. The summed E-state index contributed by atoms with van der Waals surface area (Å²) < 4.78 is 0.294. The van der Waals surface area contributed by atoms with Gasteiger partial charge in [0.1, 0.15) is 0 Å². The van der Waals surface area contributed by atoms with Crippen LogP contribution in [0.3, 0.4) is 0 Å². The second kappa shape index (κ2) is 10.6. The van der Waals surface area contributed by atoms with Crippen molar-refractivity contribution in [1.29, 1.82) is 0 Å². The van der Waals surface area contributed by atoms with E-state index in [2.05, 4.69) is 86.0 Å². The van der Waals surface area contributed by atoms with Gasteiger partial charge in [-0.15, -0.1) is 24.0 Å². The van der Waals surface area contributed by atoms with Crippen LogP contribution < -0.4 is 5.32 Å². The molecule has 1 fully saturated rings. The van der Waals surface area contributed by atoms with Crippen LogP contribution in [0.25, 0.3) is 0 Å². The molecule has 1 aliphatic rings. The van der Waals surface area contributed by atoms with E-state index in [0.29, 0.717) is 4.75 Å². The minimum absolute atomic E-state index is 0. The number of hydrogen-bond acceptors (Lipinski definition) is 3. The summed E-state index contributed by atoms with van der Waals surface area (Å²) in [4.78, 5) is 9.47. The normalized spacial score (nSPS) is 17.4. The summed E-state index contributed by atoms with van der Waals surface area (Å²) in [6, 6.07) is 8.81. The SMILES string of the molecule is CCNC(=NCc1ccc(CN(C)C)cc1)N1CCSC(C)(C)C1.I. The third-order valence-electron chi connectivity index (χ3n) is 3.99. The molecule has 4 nitrogen and oxygen atoms in total. The van der Waals surface area contributed by atoms with Gasteiger partial charge in [0.05, 0.1) is 6.54 Å². The van der Waals surface area contributed by atoms with Crippen LogP contribution in [0.1, 0.15) is 31.9 Å². The highest BCUT2D eigenvalue weighted by Crippen LogP contribution is 2.29. The van der Waals surface area contributed by atoms with Gasteiger partial charge in [-0.3, -0.25) is 0 Å². The van der Waals surface area contributed by atoms with Gasteiger partial charge >= 0.3 is 0 Å². The fourth-order valence-electron chi connectivity index (χ4n) is 2.90. The van der Waals surface area contributed by atoms with Gasteiger partial charge < -0.3 is 15.1 Å². The Balaban J connectivity index is 0.00000312. The molecule has 25 heavy (non-hydrogen) atoms. The van der Waals surface area contributed by atoms with Crippen molar-refractivity contribution < 1.29 is 0 Å². The van der Waals surface area contributed by atoms with Crippen LogP contribution in [0.15, 0.2) is 29.3 Å². The molecule has 0 amide bonds. The number of rotatable bonds is 5. The molecular weight excluding hydrogens is 443 g/mol. The zero-order chi connectivity index (χ0) is 17.6. The third-order valence-corrected chi connectivity index (χ3v) is 5.29. The van der Waals surface area contributed by atoms with Crippen molar-refractivity contribution in [2.45, 2.75) is 38.6 Å². The number of aliphatic imine (C=N–C) groups is 1. The molecule has 0 spiro atoms. The molecule has 1 heterocycles. The molecule has 1 aromatic rings. The molecular formula is C19H33IN4S. The van der Waals surface area contributed by atoms with Gasteiger partial charge in [-0.05, 0) is 46.0 Å². The quantitative estimate of drug-likeness (QED) is 0.399. The zero-order valence-electron chi connectivity index (χ0n) is 16.2. The van der Waals surface area contributed by atoms with Crippen LogP contribution in [0.5, 0.6) is 0 Å². The summed E-state index contributed by atoms with van der Waals surface area (Å²) in [6.45, 7) is 11.5. The van der Waals surface area contributed by atoms with Crippen LogP contribution >= 0.6 is 35.7 Å². The maximum absolute atomic E-state index is 4.88. The van der Waals surface area contributed by atoms with Crippen LogP contribution in [-0.2, 0) is 13.1 Å². The van der Waals surface area contributed by atoms with Crippen molar-refractivity contribution in [2.75, 3.05) is 39.5 Å². The standard InChI is InChI=1S/C19H32N4S.HI/c1-6-20-18(23-11-12-24-19(2,3)15-23)21-13-16-7-9-17(10-8-16)14-22(4)5;/h7-10H,6,11-15H2,1-5H3,(H,20,21);1H. The van der Waals surface area contributed by atoms with E-state index in [1.54, 1.807) is 0 Å². The van der Waals surface area contributed by atoms with Crippen LogP contribution in [0.2, 0.25) is 0 Å². The fraction of sp³-hybridized carbons (Fsp3) is 0.632. The average molecular weight is 476 g/mol. The topological polar surface area (TPSA) is 30.9 Å². The number of hydrogen-bond donors (Lipinski definition) is 1. The second-order valence-electron chi connectivity index (χ2n) is 7.25. The van der Waals surface area contributed by atoms with Crippen molar-refractivity contribution in [2.24, 2.45) is 4.99 Å². The summed E-state index contributed by atoms with van der Waals surface area (Å²) >= 11 is 2.05. The average Bonchev–Trinajstić information content (AvgIpc) is 2.51. The molecule has 1 saturated heterocycles.